The molecule has 0 saturated heterocycles. The van der Waals surface area contributed by atoms with Crippen molar-refractivity contribution in [3.63, 3.8) is 0 Å². The molecule has 2 aromatic carbocycles. The Morgan fingerprint density at radius 1 is 1.19 bits per heavy atom. The van der Waals surface area contributed by atoms with Gasteiger partial charge in [0.25, 0.3) is 5.91 Å². The molecule has 1 amide bonds. The van der Waals surface area contributed by atoms with Crippen molar-refractivity contribution < 1.29 is 4.79 Å². The van der Waals surface area contributed by atoms with Gasteiger partial charge in [-0.25, -0.2) is 4.98 Å². The molecule has 0 aliphatic carbocycles. The molecule has 0 bridgehead atoms. The van der Waals surface area contributed by atoms with Gasteiger partial charge < -0.3 is 22.1 Å². The van der Waals surface area contributed by atoms with Gasteiger partial charge in [-0.3, -0.25) is 4.79 Å². The van der Waals surface area contributed by atoms with Gasteiger partial charge in [0.15, 0.2) is 0 Å². The van der Waals surface area contributed by atoms with Crippen LogP contribution in [0.25, 0.3) is 0 Å². The van der Waals surface area contributed by atoms with Gasteiger partial charge in [-0.05, 0) is 30.7 Å². The molecule has 0 fully saturated rings. The lowest BCUT2D eigenvalue weighted by Gasteiger charge is -2.17. The Labute approximate surface area is 161 Å². The summed E-state index contributed by atoms with van der Waals surface area (Å²) in [5, 5.41) is 6.72. The maximum atomic E-state index is 11.7. The molecule has 0 aliphatic heterocycles. The van der Waals surface area contributed by atoms with Crippen molar-refractivity contribution in [2.75, 3.05) is 16.4 Å². The quantitative estimate of drug-likeness (QED) is 0.482. The molecule has 0 saturated carbocycles. The number of amides is 1. The highest BCUT2D eigenvalue weighted by Gasteiger charge is 2.15. The first-order valence-corrected chi connectivity index (χ1v) is 8.62. The van der Waals surface area contributed by atoms with E-state index in [4.69, 9.17) is 23.1 Å². The lowest BCUT2D eigenvalue weighted by Crippen LogP contribution is -2.18. The van der Waals surface area contributed by atoms with E-state index in [1.54, 1.807) is 18.2 Å². The fourth-order valence-electron chi connectivity index (χ4n) is 2.51. The molecule has 3 rings (SSSR count). The van der Waals surface area contributed by atoms with Gasteiger partial charge in [0.05, 0.1) is 16.3 Å². The Morgan fingerprint density at radius 2 is 1.93 bits per heavy atom. The molecule has 0 spiro atoms. The number of anilines is 4. The first-order chi connectivity index (χ1) is 12.9. The molecule has 6 N–H and O–H groups in total. The lowest BCUT2D eigenvalue weighted by atomic mass is 10.1. The number of benzene rings is 2. The van der Waals surface area contributed by atoms with Crippen molar-refractivity contribution in [3.8, 4) is 0 Å². The summed E-state index contributed by atoms with van der Waals surface area (Å²) in [6.07, 6.45) is 1.39. The zero-order chi connectivity index (χ0) is 19.4. The Hall–Kier alpha value is -3.32. The third kappa shape index (κ3) is 4.45. The summed E-state index contributed by atoms with van der Waals surface area (Å²) in [6, 6.07) is 14.8. The number of carbonyl (C=O) groups excluding carboxylic acids is 1. The van der Waals surface area contributed by atoms with Crippen LogP contribution in [0.2, 0.25) is 5.02 Å². The molecular weight excluding hydrogens is 364 g/mol. The predicted molar refractivity (Wildman–Crippen MR) is 108 cm³/mol. The SMILES string of the molecule is C[C@@H](Nc1nc(Nc2ccc(Cl)c(N)c2)ncc1C(N)=O)c1ccccc1. The van der Waals surface area contributed by atoms with Crippen molar-refractivity contribution in [2.24, 2.45) is 5.73 Å². The number of hydrogen-bond donors (Lipinski definition) is 4. The maximum absolute atomic E-state index is 11.7. The second kappa shape index (κ2) is 7.92. The molecule has 8 heteroatoms. The summed E-state index contributed by atoms with van der Waals surface area (Å²) in [5.41, 5.74) is 13.6. The zero-order valence-electron chi connectivity index (χ0n) is 14.6. The van der Waals surface area contributed by atoms with Crippen molar-refractivity contribution >= 4 is 40.6 Å². The van der Waals surface area contributed by atoms with Crippen LogP contribution in [0.15, 0.2) is 54.7 Å². The second-order valence-electron chi connectivity index (χ2n) is 5.96. The number of aromatic nitrogens is 2. The van der Waals surface area contributed by atoms with Crippen LogP contribution in [0, 0.1) is 0 Å². The van der Waals surface area contributed by atoms with Crippen molar-refractivity contribution in [2.45, 2.75) is 13.0 Å². The number of nitrogens with one attached hydrogen (secondary N) is 2. The van der Waals surface area contributed by atoms with Crippen LogP contribution >= 0.6 is 11.6 Å². The van der Waals surface area contributed by atoms with Crippen LogP contribution in [0.5, 0.6) is 0 Å². The highest BCUT2D eigenvalue weighted by atomic mass is 35.5. The first kappa shape index (κ1) is 18.5. The third-order valence-corrected chi connectivity index (χ3v) is 4.30. The van der Waals surface area contributed by atoms with Gasteiger partial charge in [-0.1, -0.05) is 41.9 Å². The zero-order valence-corrected chi connectivity index (χ0v) is 15.4. The van der Waals surface area contributed by atoms with E-state index in [2.05, 4.69) is 20.6 Å². The molecule has 27 heavy (non-hydrogen) atoms. The van der Waals surface area contributed by atoms with E-state index in [1.807, 2.05) is 37.3 Å². The molecule has 138 valence electrons. The van der Waals surface area contributed by atoms with E-state index in [-0.39, 0.29) is 11.6 Å². The summed E-state index contributed by atoms with van der Waals surface area (Å²) in [7, 11) is 0. The number of primary amides is 1. The smallest absolute Gasteiger partial charge is 0.254 e. The first-order valence-electron chi connectivity index (χ1n) is 8.24. The highest BCUT2D eigenvalue weighted by molar-refractivity contribution is 6.33. The molecule has 1 aromatic heterocycles. The van der Waals surface area contributed by atoms with Crippen LogP contribution in [0.4, 0.5) is 23.1 Å². The van der Waals surface area contributed by atoms with Crippen LogP contribution in [-0.4, -0.2) is 15.9 Å². The number of nitrogens with zero attached hydrogens (tertiary/aromatic N) is 2. The summed E-state index contributed by atoms with van der Waals surface area (Å²) in [4.78, 5) is 20.3. The monoisotopic (exact) mass is 382 g/mol. The fraction of sp³-hybridized carbons (Fsp3) is 0.105. The minimum absolute atomic E-state index is 0.0850. The van der Waals surface area contributed by atoms with Crippen molar-refractivity contribution in [3.05, 3.63) is 70.9 Å². The second-order valence-corrected chi connectivity index (χ2v) is 6.37. The van der Waals surface area contributed by atoms with Gasteiger partial charge in [-0.2, -0.15) is 4.98 Å². The summed E-state index contributed by atoms with van der Waals surface area (Å²) in [5.74, 6) is 0.0304. The molecule has 0 unspecified atom stereocenters. The van der Waals surface area contributed by atoms with E-state index in [0.717, 1.165) is 5.56 Å². The number of rotatable bonds is 6. The van der Waals surface area contributed by atoms with Gasteiger partial charge in [0.2, 0.25) is 5.95 Å². The van der Waals surface area contributed by atoms with Crippen LogP contribution in [0.1, 0.15) is 28.9 Å². The Morgan fingerprint density at radius 3 is 2.59 bits per heavy atom. The van der Waals surface area contributed by atoms with Gasteiger partial charge in [-0.15, -0.1) is 0 Å². The molecule has 0 aliphatic rings. The minimum atomic E-state index is -0.611. The number of hydrogen-bond acceptors (Lipinski definition) is 6. The summed E-state index contributed by atoms with van der Waals surface area (Å²) in [6.45, 7) is 1.97. The topological polar surface area (TPSA) is 119 Å². The molecule has 3 aromatic rings. The average molecular weight is 383 g/mol. The lowest BCUT2D eigenvalue weighted by molar-refractivity contribution is 0.100. The van der Waals surface area contributed by atoms with E-state index in [9.17, 15) is 4.79 Å². The van der Waals surface area contributed by atoms with Gasteiger partial charge >= 0.3 is 0 Å². The van der Waals surface area contributed by atoms with E-state index in [0.29, 0.717) is 28.2 Å². The van der Waals surface area contributed by atoms with E-state index in [1.165, 1.54) is 6.20 Å². The normalized spacial score (nSPS) is 11.6. The number of nitrogens with two attached hydrogens (primary N) is 2. The van der Waals surface area contributed by atoms with E-state index < -0.39 is 5.91 Å². The van der Waals surface area contributed by atoms with Crippen LogP contribution < -0.4 is 22.1 Å². The number of carbonyl (C=O) groups is 1. The minimum Gasteiger partial charge on any atom is -0.397 e. The van der Waals surface area contributed by atoms with Gasteiger partial charge in [0.1, 0.15) is 5.82 Å². The fourth-order valence-corrected chi connectivity index (χ4v) is 2.63. The maximum Gasteiger partial charge on any atom is 0.254 e. The van der Waals surface area contributed by atoms with Gasteiger partial charge in [0, 0.05) is 17.9 Å². The largest absolute Gasteiger partial charge is 0.397 e. The Kier molecular flexibility index (Phi) is 5.42. The number of halogens is 1. The van der Waals surface area contributed by atoms with Crippen molar-refractivity contribution in [1.29, 1.82) is 0 Å². The third-order valence-electron chi connectivity index (χ3n) is 3.96. The molecule has 1 heterocycles. The molecule has 7 nitrogen and oxygen atoms in total. The molecule has 0 radical (unpaired) electrons. The van der Waals surface area contributed by atoms with Crippen molar-refractivity contribution in [1.82, 2.24) is 9.97 Å². The molecular formula is C19H19ClN6O. The Bertz CT molecular complexity index is 964. The van der Waals surface area contributed by atoms with E-state index >= 15 is 0 Å². The van der Waals surface area contributed by atoms with Crippen LogP contribution in [0.3, 0.4) is 0 Å². The Balaban J connectivity index is 1.88. The van der Waals surface area contributed by atoms with Crippen LogP contribution in [-0.2, 0) is 0 Å². The summed E-state index contributed by atoms with van der Waals surface area (Å²) >= 11 is 5.93. The average Bonchev–Trinajstić information content (AvgIpc) is 2.65. The number of nitrogen functional groups attached to an aromatic ring is 1. The summed E-state index contributed by atoms with van der Waals surface area (Å²) < 4.78 is 0. The standard InChI is InChI=1S/C19H19ClN6O/c1-11(12-5-3-2-4-6-12)24-18-14(17(22)27)10-23-19(26-18)25-13-7-8-15(20)16(21)9-13/h2-11H,21H2,1H3,(H2,22,27)(H2,23,24,25,26)/t11-/m1/s1. The molecule has 1 atom stereocenters. The predicted octanol–water partition coefficient (Wildman–Crippen LogP) is 3.73. The highest BCUT2D eigenvalue weighted by Crippen LogP contribution is 2.25.